The minimum Gasteiger partial charge on any atom is -0.481 e. The summed E-state index contributed by atoms with van der Waals surface area (Å²) in [4.78, 5) is 25.9. The Kier molecular flexibility index (Phi) is 6.24. The molecule has 2 aromatic rings. The summed E-state index contributed by atoms with van der Waals surface area (Å²) in [6.07, 6.45) is 6.86. The van der Waals surface area contributed by atoms with Crippen LogP contribution in [0.2, 0.25) is 0 Å². The zero-order valence-corrected chi connectivity index (χ0v) is 15.1. The van der Waals surface area contributed by atoms with Gasteiger partial charge in [-0.05, 0) is 37.6 Å². The van der Waals surface area contributed by atoms with E-state index in [4.69, 9.17) is 11.2 Å². The summed E-state index contributed by atoms with van der Waals surface area (Å²) < 4.78 is 5.53. The first-order valence-electron chi connectivity index (χ1n) is 9.02. The fourth-order valence-electron chi connectivity index (χ4n) is 3.10. The van der Waals surface area contributed by atoms with Crippen molar-refractivity contribution in [3.8, 4) is 18.1 Å². The largest absolute Gasteiger partial charge is 0.481 e. The molecule has 138 valence electrons. The van der Waals surface area contributed by atoms with Crippen LogP contribution in [0.25, 0.3) is 0 Å². The quantitative estimate of drug-likeness (QED) is 0.423. The van der Waals surface area contributed by atoms with Crippen molar-refractivity contribution in [1.82, 2.24) is 10.2 Å². The molecule has 2 aromatic carbocycles. The van der Waals surface area contributed by atoms with Gasteiger partial charge < -0.3 is 10.1 Å². The number of ether oxygens (including phenoxy) is 1. The fraction of sp³-hybridized carbons (Fsp3) is 0.273. The van der Waals surface area contributed by atoms with Gasteiger partial charge in [0.25, 0.3) is 11.8 Å². The highest BCUT2D eigenvalue weighted by Gasteiger charge is 2.34. The maximum absolute atomic E-state index is 12.3. The molecular weight excluding hydrogens is 340 g/mol. The van der Waals surface area contributed by atoms with E-state index in [1.54, 1.807) is 24.3 Å². The summed E-state index contributed by atoms with van der Waals surface area (Å²) in [5.74, 6) is 2.87. The molecule has 0 atom stereocenters. The average Bonchev–Trinajstić information content (AvgIpc) is 2.94. The Balaban J connectivity index is 1.40. The van der Waals surface area contributed by atoms with Crippen molar-refractivity contribution in [3.63, 3.8) is 0 Å². The van der Waals surface area contributed by atoms with Gasteiger partial charge in [-0.1, -0.05) is 36.3 Å². The van der Waals surface area contributed by atoms with E-state index in [9.17, 15) is 9.59 Å². The van der Waals surface area contributed by atoms with Gasteiger partial charge in [-0.2, -0.15) is 0 Å². The molecule has 3 rings (SSSR count). The monoisotopic (exact) mass is 362 g/mol. The molecule has 5 heteroatoms. The van der Waals surface area contributed by atoms with Gasteiger partial charge in [0.15, 0.2) is 0 Å². The molecule has 0 aliphatic carbocycles. The highest BCUT2D eigenvalue weighted by Crippen LogP contribution is 2.22. The van der Waals surface area contributed by atoms with Crippen molar-refractivity contribution in [2.45, 2.75) is 19.4 Å². The minimum atomic E-state index is -0.192. The van der Waals surface area contributed by atoms with Crippen LogP contribution in [0.15, 0.2) is 48.5 Å². The van der Waals surface area contributed by atoms with E-state index >= 15 is 0 Å². The van der Waals surface area contributed by atoms with E-state index in [-0.39, 0.29) is 18.4 Å². The Bertz CT molecular complexity index is 835. The molecule has 0 unspecified atom stereocenters. The van der Waals surface area contributed by atoms with Crippen molar-refractivity contribution in [2.24, 2.45) is 0 Å². The van der Waals surface area contributed by atoms with Crippen molar-refractivity contribution in [2.75, 3.05) is 19.7 Å². The molecule has 0 aromatic heterocycles. The third-order valence-corrected chi connectivity index (χ3v) is 4.46. The van der Waals surface area contributed by atoms with Crippen LogP contribution in [0.3, 0.4) is 0 Å². The van der Waals surface area contributed by atoms with E-state index < -0.39 is 0 Å². The molecular formula is C22H22N2O3. The number of hydrogen-bond donors (Lipinski definition) is 1. The maximum atomic E-state index is 12.3. The molecule has 2 amide bonds. The number of carbonyl (C=O) groups is 2. The molecule has 1 heterocycles. The molecule has 1 aliphatic rings. The third-order valence-electron chi connectivity index (χ3n) is 4.46. The van der Waals surface area contributed by atoms with E-state index in [1.165, 1.54) is 4.90 Å². The molecule has 0 bridgehead atoms. The number of imide groups is 1. The van der Waals surface area contributed by atoms with Crippen LogP contribution in [-0.4, -0.2) is 36.4 Å². The third kappa shape index (κ3) is 4.36. The predicted octanol–water partition coefficient (Wildman–Crippen LogP) is 2.86. The fourth-order valence-corrected chi connectivity index (χ4v) is 3.10. The molecule has 1 aliphatic heterocycles. The summed E-state index contributed by atoms with van der Waals surface area (Å²) >= 11 is 0. The highest BCUT2D eigenvalue weighted by molar-refractivity contribution is 6.21. The SMILES string of the molecule is C#CCOc1ccccc1CNCCCCN1C(=O)c2ccccc2C1=O. The lowest BCUT2D eigenvalue weighted by atomic mass is 10.1. The molecule has 1 N–H and O–H groups in total. The molecule has 27 heavy (non-hydrogen) atoms. The zero-order chi connectivity index (χ0) is 19.1. The highest BCUT2D eigenvalue weighted by atomic mass is 16.5. The van der Waals surface area contributed by atoms with Crippen LogP contribution >= 0.6 is 0 Å². The van der Waals surface area contributed by atoms with Gasteiger partial charge in [-0.25, -0.2) is 0 Å². The Morgan fingerprint density at radius 2 is 1.63 bits per heavy atom. The number of para-hydroxylation sites is 1. The van der Waals surface area contributed by atoms with Gasteiger partial charge in [0.05, 0.1) is 11.1 Å². The lowest BCUT2D eigenvalue weighted by molar-refractivity contribution is 0.0651. The van der Waals surface area contributed by atoms with Crippen LogP contribution in [0.1, 0.15) is 39.1 Å². The van der Waals surface area contributed by atoms with E-state index in [0.717, 1.165) is 30.7 Å². The Morgan fingerprint density at radius 1 is 0.963 bits per heavy atom. The molecule has 0 spiro atoms. The first-order chi connectivity index (χ1) is 13.2. The van der Waals surface area contributed by atoms with Crippen molar-refractivity contribution < 1.29 is 14.3 Å². The van der Waals surface area contributed by atoms with E-state index in [0.29, 0.717) is 24.2 Å². The predicted molar refractivity (Wildman–Crippen MR) is 104 cm³/mol. The number of unbranched alkanes of at least 4 members (excludes halogenated alkanes) is 1. The number of amides is 2. The van der Waals surface area contributed by atoms with Gasteiger partial charge in [-0.3, -0.25) is 14.5 Å². The number of benzene rings is 2. The van der Waals surface area contributed by atoms with Crippen LogP contribution in [-0.2, 0) is 6.54 Å². The smallest absolute Gasteiger partial charge is 0.261 e. The summed E-state index contributed by atoms with van der Waals surface area (Å²) in [6.45, 7) is 2.15. The van der Waals surface area contributed by atoms with E-state index in [1.807, 2.05) is 24.3 Å². The first-order valence-corrected chi connectivity index (χ1v) is 9.02. The van der Waals surface area contributed by atoms with Gasteiger partial charge >= 0.3 is 0 Å². The number of fused-ring (bicyclic) bond motifs is 1. The summed E-state index contributed by atoms with van der Waals surface area (Å²) in [6, 6.07) is 14.7. The summed E-state index contributed by atoms with van der Waals surface area (Å²) in [5.41, 5.74) is 2.06. The molecule has 5 nitrogen and oxygen atoms in total. The van der Waals surface area contributed by atoms with Crippen LogP contribution in [0, 0.1) is 12.3 Å². The lowest BCUT2D eigenvalue weighted by Gasteiger charge is -2.14. The average molecular weight is 362 g/mol. The van der Waals surface area contributed by atoms with Crippen LogP contribution < -0.4 is 10.1 Å². The molecule has 0 radical (unpaired) electrons. The first kappa shape index (κ1) is 18.7. The summed E-state index contributed by atoms with van der Waals surface area (Å²) in [7, 11) is 0. The second-order valence-electron chi connectivity index (χ2n) is 6.29. The zero-order valence-electron chi connectivity index (χ0n) is 15.1. The second-order valence-corrected chi connectivity index (χ2v) is 6.29. The normalized spacial score (nSPS) is 12.8. The number of carbonyl (C=O) groups excluding carboxylic acids is 2. The molecule has 0 saturated heterocycles. The second kappa shape index (κ2) is 9.02. The topological polar surface area (TPSA) is 58.6 Å². The van der Waals surface area contributed by atoms with Crippen LogP contribution in [0.5, 0.6) is 5.75 Å². The Labute approximate surface area is 159 Å². The Hall–Kier alpha value is -3.10. The molecule has 0 saturated carbocycles. The van der Waals surface area contributed by atoms with Crippen molar-refractivity contribution in [3.05, 3.63) is 65.2 Å². The van der Waals surface area contributed by atoms with Gasteiger partial charge in [-0.15, -0.1) is 6.42 Å². The van der Waals surface area contributed by atoms with Crippen molar-refractivity contribution in [1.29, 1.82) is 0 Å². The van der Waals surface area contributed by atoms with Crippen molar-refractivity contribution >= 4 is 11.8 Å². The van der Waals surface area contributed by atoms with Gasteiger partial charge in [0.1, 0.15) is 12.4 Å². The number of nitrogens with zero attached hydrogens (tertiary/aromatic N) is 1. The minimum absolute atomic E-state index is 0.192. The van der Waals surface area contributed by atoms with Gasteiger partial charge in [0, 0.05) is 18.7 Å². The number of hydrogen-bond acceptors (Lipinski definition) is 4. The van der Waals surface area contributed by atoms with E-state index in [2.05, 4.69) is 11.2 Å². The molecule has 0 fully saturated rings. The number of rotatable bonds is 9. The summed E-state index contributed by atoms with van der Waals surface area (Å²) in [5, 5.41) is 3.36. The number of nitrogens with one attached hydrogen (secondary N) is 1. The lowest BCUT2D eigenvalue weighted by Crippen LogP contribution is -2.31. The van der Waals surface area contributed by atoms with Crippen LogP contribution in [0.4, 0.5) is 0 Å². The maximum Gasteiger partial charge on any atom is 0.261 e. The Morgan fingerprint density at radius 3 is 2.33 bits per heavy atom. The van der Waals surface area contributed by atoms with Gasteiger partial charge in [0.2, 0.25) is 0 Å². The standard InChI is InChI=1S/C22H22N2O3/c1-2-15-27-20-12-6-3-9-17(20)16-23-13-7-8-14-24-21(25)18-10-4-5-11-19(18)22(24)26/h1,3-6,9-12,23H,7-8,13-16H2. The number of terminal acetylenes is 1.